The number of nitrogens with zero attached hydrogens (tertiary/aromatic N) is 2. The van der Waals surface area contributed by atoms with E-state index in [9.17, 15) is 4.79 Å². The average Bonchev–Trinajstić information content (AvgIpc) is 2.62. The zero-order chi connectivity index (χ0) is 10.3. The van der Waals surface area contributed by atoms with Crippen LogP contribution in [0.1, 0.15) is 36.9 Å². The van der Waals surface area contributed by atoms with Crippen molar-refractivity contribution in [1.82, 2.24) is 9.78 Å². The van der Waals surface area contributed by atoms with Gasteiger partial charge in [0.1, 0.15) is 5.78 Å². The maximum atomic E-state index is 11.5. The van der Waals surface area contributed by atoms with E-state index >= 15 is 0 Å². The highest BCUT2D eigenvalue weighted by molar-refractivity contribution is 5.84. The molecule has 1 aromatic rings. The van der Waals surface area contributed by atoms with Crippen molar-refractivity contribution in [2.45, 2.75) is 32.6 Å². The van der Waals surface area contributed by atoms with Crippen LogP contribution in [0.4, 0.5) is 0 Å². The third-order valence-corrected chi connectivity index (χ3v) is 3.34. The first-order valence-corrected chi connectivity index (χ1v) is 5.12. The lowest BCUT2D eigenvalue weighted by Crippen LogP contribution is -2.13. The van der Waals surface area contributed by atoms with Crippen LogP contribution in [0, 0.1) is 12.8 Å². The van der Waals surface area contributed by atoms with Gasteiger partial charge in [-0.25, -0.2) is 0 Å². The van der Waals surface area contributed by atoms with Gasteiger partial charge in [0.2, 0.25) is 0 Å². The first kappa shape index (κ1) is 9.44. The first-order valence-electron chi connectivity index (χ1n) is 5.12. The smallest absolute Gasteiger partial charge is 0.136 e. The van der Waals surface area contributed by atoms with Crippen LogP contribution in [-0.4, -0.2) is 15.6 Å². The van der Waals surface area contributed by atoms with Crippen LogP contribution >= 0.6 is 0 Å². The molecule has 0 radical (unpaired) electrons. The van der Waals surface area contributed by atoms with E-state index in [4.69, 9.17) is 0 Å². The fourth-order valence-electron chi connectivity index (χ4n) is 2.46. The van der Waals surface area contributed by atoms with E-state index in [1.165, 1.54) is 11.3 Å². The lowest BCUT2D eigenvalue weighted by molar-refractivity contribution is -0.120. The number of rotatable bonds is 1. The molecule has 0 N–H and O–H groups in total. The van der Waals surface area contributed by atoms with E-state index in [1.807, 2.05) is 24.9 Å². The molecule has 1 aliphatic rings. The van der Waals surface area contributed by atoms with Crippen LogP contribution in [-0.2, 0) is 11.8 Å². The van der Waals surface area contributed by atoms with Crippen LogP contribution < -0.4 is 0 Å². The Kier molecular flexibility index (Phi) is 2.17. The topological polar surface area (TPSA) is 34.9 Å². The summed E-state index contributed by atoms with van der Waals surface area (Å²) in [6.45, 7) is 4.10. The number of carbonyl (C=O) groups is 1. The molecule has 0 bridgehead atoms. The zero-order valence-electron chi connectivity index (χ0n) is 8.95. The summed E-state index contributed by atoms with van der Waals surface area (Å²) < 4.78 is 1.91. The number of Topliss-reactive ketones (excluding diaryl/α,β-unsaturated/α-hetero) is 1. The highest BCUT2D eigenvalue weighted by Gasteiger charge is 2.34. The molecule has 0 aliphatic heterocycles. The SMILES string of the molecule is Cc1cnn(C)c1C1CCC(=O)C1C. The molecule has 0 aromatic carbocycles. The fraction of sp³-hybridized carbons (Fsp3) is 0.636. The van der Waals surface area contributed by atoms with Crippen molar-refractivity contribution < 1.29 is 4.79 Å². The number of ketones is 1. The van der Waals surface area contributed by atoms with E-state index in [1.54, 1.807) is 0 Å². The third-order valence-electron chi connectivity index (χ3n) is 3.34. The fourth-order valence-corrected chi connectivity index (χ4v) is 2.46. The Morgan fingerprint density at radius 3 is 2.71 bits per heavy atom. The highest BCUT2D eigenvalue weighted by atomic mass is 16.1. The Bertz CT molecular complexity index is 348. The molecule has 76 valence electrons. The zero-order valence-corrected chi connectivity index (χ0v) is 8.95. The molecule has 0 saturated heterocycles. The Labute approximate surface area is 84.1 Å². The second-order valence-corrected chi connectivity index (χ2v) is 4.24. The van der Waals surface area contributed by atoms with Gasteiger partial charge in [-0.2, -0.15) is 5.10 Å². The van der Waals surface area contributed by atoms with Gasteiger partial charge in [0.05, 0.1) is 6.20 Å². The normalized spacial score (nSPS) is 27.2. The maximum Gasteiger partial charge on any atom is 0.136 e. The summed E-state index contributed by atoms with van der Waals surface area (Å²) in [5.74, 6) is 0.953. The van der Waals surface area contributed by atoms with Gasteiger partial charge in [-0.05, 0) is 18.9 Å². The van der Waals surface area contributed by atoms with Gasteiger partial charge in [-0.3, -0.25) is 9.48 Å². The molecule has 2 rings (SSSR count). The molecule has 1 fully saturated rings. The molecule has 3 heteroatoms. The molecule has 14 heavy (non-hydrogen) atoms. The lowest BCUT2D eigenvalue weighted by atomic mass is 9.92. The first-order chi connectivity index (χ1) is 6.61. The predicted molar refractivity (Wildman–Crippen MR) is 54.1 cm³/mol. The van der Waals surface area contributed by atoms with E-state index in [0.29, 0.717) is 11.7 Å². The summed E-state index contributed by atoms with van der Waals surface area (Å²) in [7, 11) is 1.96. The van der Waals surface area contributed by atoms with Gasteiger partial charge in [0, 0.05) is 31.0 Å². The summed E-state index contributed by atoms with van der Waals surface area (Å²) in [6.07, 6.45) is 3.60. The quantitative estimate of drug-likeness (QED) is 0.680. The number of carbonyl (C=O) groups excluding carboxylic acids is 1. The van der Waals surface area contributed by atoms with E-state index < -0.39 is 0 Å². The second kappa shape index (κ2) is 3.23. The minimum atomic E-state index is 0.170. The maximum absolute atomic E-state index is 11.5. The van der Waals surface area contributed by atoms with E-state index in [2.05, 4.69) is 12.0 Å². The Morgan fingerprint density at radius 2 is 2.29 bits per heavy atom. The van der Waals surface area contributed by atoms with Crippen molar-refractivity contribution in [3.05, 3.63) is 17.5 Å². The monoisotopic (exact) mass is 192 g/mol. The minimum Gasteiger partial charge on any atom is -0.299 e. The predicted octanol–water partition coefficient (Wildman–Crippen LogP) is 1.81. The van der Waals surface area contributed by atoms with Crippen LogP contribution in [0.2, 0.25) is 0 Å². The molecule has 2 atom stereocenters. The van der Waals surface area contributed by atoms with Crippen LogP contribution in [0.3, 0.4) is 0 Å². The molecule has 0 amide bonds. The second-order valence-electron chi connectivity index (χ2n) is 4.24. The highest BCUT2D eigenvalue weighted by Crippen LogP contribution is 2.37. The Hall–Kier alpha value is -1.12. The van der Waals surface area contributed by atoms with E-state index in [0.717, 1.165) is 12.8 Å². The number of hydrogen-bond acceptors (Lipinski definition) is 2. The number of aryl methyl sites for hydroxylation is 2. The van der Waals surface area contributed by atoms with Gasteiger partial charge >= 0.3 is 0 Å². The Balaban J connectivity index is 2.36. The Morgan fingerprint density at radius 1 is 1.57 bits per heavy atom. The molecule has 1 aliphatic carbocycles. The number of aromatic nitrogens is 2. The van der Waals surface area contributed by atoms with Crippen molar-refractivity contribution >= 4 is 5.78 Å². The van der Waals surface area contributed by atoms with Crippen molar-refractivity contribution in [1.29, 1.82) is 0 Å². The van der Waals surface area contributed by atoms with Crippen LogP contribution in [0.25, 0.3) is 0 Å². The summed E-state index contributed by atoms with van der Waals surface area (Å²) in [5.41, 5.74) is 2.45. The standard InChI is InChI=1S/C11H16N2O/c1-7-6-12-13(3)11(7)9-4-5-10(14)8(9)2/h6,8-9H,4-5H2,1-3H3. The largest absolute Gasteiger partial charge is 0.299 e. The molecular weight excluding hydrogens is 176 g/mol. The lowest BCUT2D eigenvalue weighted by Gasteiger charge is -2.15. The molecule has 1 aromatic heterocycles. The van der Waals surface area contributed by atoms with Gasteiger partial charge in [-0.1, -0.05) is 6.92 Å². The van der Waals surface area contributed by atoms with Gasteiger partial charge in [-0.15, -0.1) is 0 Å². The molecule has 3 nitrogen and oxygen atoms in total. The van der Waals surface area contributed by atoms with Crippen molar-refractivity contribution in [2.75, 3.05) is 0 Å². The van der Waals surface area contributed by atoms with Crippen molar-refractivity contribution in [3.63, 3.8) is 0 Å². The van der Waals surface area contributed by atoms with Crippen molar-refractivity contribution in [2.24, 2.45) is 13.0 Å². The summed E-state index contributed by atoms with van der Waals surface area (Å²) in [5, 5.41) is 4.23. The summed E-state index contributed by atoms with van der Waals surface area (Å²) in [4.78, 5) is 11.5. The van der Waals surface area contributed by atoms with Crippen LogP contribution in [0.15, 0.2) is 6.20 Å². The van der Waals surface area contributed by atoms with Crippen molar-refractivity contribution in [3.8, 4) is 0 Å². The summed E-state index contributed by atoms with van der Waals surface area (Å²) in [6, 6.07) is 0. The summed E-state index contributed by atoms with van der Waals surface area (Å²) >= 11 is 0. The molecule has 1 heterocycles. The van der Waals surface area contributed by atoms with Crippen LogP contribution in [0.5, 0.6) is 0 Å². The van der Waals surface area contributed by atoms with Gasteiger partial charge < -0.3 is 0 Å². The van der Waals surface area contributed by atoms with Gasteiger partial charge in [0.15, 0.2) is 0 Å². The third kappa shape index (κ3) is 1.27. The van der Waals surface area contributed by atoms with E-state index in [-0.39, 0.29) is 5.92 Å². The average molecular weight is 192 g/mol. The molecule has 0 spiro atoms. The molecule has 1 saturated carbocycles. The van der Waals surface area contributed by atoms with Gasteiger partial charge in [0.25, 0.3) is 0 Å². The minimum absolute atomic E-state index is 0.170. The molecule has 2 unspecified atom stereocenters. The number of hydrogen-bond donors (Lipinski definition) is 0. The molecular formula is C11H16N2O.